The Balaban J connectivity index is 2.22. The normalized spacial score (nSPS) is 15.2. The van der Waals surface area contributed by atoms with Gasteiger partial charge in [-0.1, -0.05) is 35.5 Å². The van der Waals surface area contributed by atoms with Crippen molar-refractivity contribution >= 4 is 5.78 Å². The lowest BCUT2D eigenvalue weighted by atomic mass is 9.84. The van der Waals surface area contributed by atoms with Gasteiger partial charge in [0.25, 0.3) is 0 Å². The van der Waals surface area contributed by atoms with Crippen molar-refractivity contribution in [1.29, 1.82) is 0 Å². The number of methoxy groups -OCH3 is 1. The van der Waals surface area contributed by atoms with Gasteiger partial charge >= 0.3 is 0 Å². The van der Waals surface area contributed by atoms with E-state index in [2.05, 4.69) is 12.7 Å². The molecule has 38 heavy (non-hydrogen) atoms. The third-order valence-electron chi connectivity index (χ3n) is 6.85. The molecule has 204 valence electrons. The van der Waals surface area contributed by atoms with Crippen LogP contribution in [0.5, 0.6) is 34.5 Å². The van der Waals surface area contributed by atoms with E-state index in [4.69, 9.17) is 9.47 Å². The SMILES string of the molecule is C=C(C)[C@@H](CC=C(C)C)Cc1c(O)c(CC=C(C)C)c(O)c2c1O[C@H](c1c(O)cc(OC)cc1O)CC2=O. The van der Waals surface area contributed by atoms with Gasteiger partial charge in [-0.2, -0.15) is 0 Å². The van der Waals surface area contributed by atoms with E-state index in [0.717, 1.165) is 16.7 Å². The number of Topliss-reactive ketones (excluding diaryl/α,β-unsaturated/α-hetero) is 1. The Bertz CT molecular complexity index is 1290. The monoisotopic (exact) mass is 522 g/mol. The Kier molecular flexibility index (Phi) is 8.82. The van der Waals surface area contributed by atoms with Crippen molar-refractivity contribution in [3.63, 3.8) is 0 Å². The number of carbonyl (C=O) groups excluding carboxylic acids is 1. The maximum atomic E-state index is 13.5. The van der Waals surface area contributed by atoms with E-state index in [-0.39, 0.29) is 69.9 Å². The van der Waals surface area contributed by atoms with Crippen molar-refractivity contribution in [3.05, 3.63) is 69.8 Å². The number of ketones is 1. The number of carbonyl (C=O) groups is 1. The molecule has 0 amide bonds. The molecule has 4 N–H and O–H groups in total. The predicted octanol–water partition coefficient (Wildman–Crippen LogP) is 6.82. The summed E-state index contributed by atoms with van der Waals surface area (Å²) in [5, 5.41) is 43.8. The second-order valence-electron chi connectivity index (χ2n) is 10.4. The quantitative estimate of drug-likeness (QED) is 0.267. The maximum Gasteiger partial charge on any atom is 0.174 e. The molecule has 1 aliphatic heterocycles. The van der Waals surface area contributed by atoms with Gasteiger partial charge in [-0.3, -0.25) is 4.79 Å². The Labute approximate surface area is 224 Å². The first-order valence-corrected chi connectivity index (χ1v) is 12.7. The number of phenols is 4. The molecular weight excluding hydrogens is 484 g/mol. The zero-order valence-electron chi connectivity index (χ0n) is 23.0. The third kappa shape index (κ3) is 5.98. The van der Waals surface area contributed by atoms with Crippen molar-refractivity contribution in [3.8, 4) is 34.5 Å². The molecule has 0 fully saturated rings. The van der Waals surface area contributed by atoms with E-state index in [1.54, 1.807) is 0 Å². The standard InChI is InChI=1S/C31H38O7/c1-16(2)8-10-19(18(5)6)12-22-29(35)21(11-9-17(3)4)30(36)28-25(34)15-26(38-31(22)28)27-23(32)13-20(37-7)14-24(27)33/h8-9,13-14,19,26,32-33,35-36H,5,10-12,15H2,1-4,6-7H3/t19-,26-/m0/s1. The molecule has 0 aromatic heterocycles. The van der Waals surface area contributed by atoms with Crippen LogP contribution < -0.4 is 9.47 Å². The van der Waals surface area contributed by atoms with Gasteiger partial charge in [-0.05, 0) is 59.8 Å². The van der Waals surface area contributed by atoms with E-state index in [1.165, 1.54) is 19.2 Å². The van der Waals surface area contributed by atoms with Crippen molar-refractivity contribution < 1.29 is 34.7 Å². The molecule has 7 heteroatoms. The number of hydrogen-bond acceptors (Lipinski definition) is 7. The number of hydrogen-bond donors (Lipinski definition) is 4. The van der Waals surface area contributed by atoms with Crippen LogP contribution in [-0.4, -0.2) is 33.3 Å². The van der Waals surface area contributed by atoms with Gasteiger partial charge in [0.2, 0.25) is 0 Å². The molecule has 1 aliphatic rings. The van der Waals surface area contributed by atoms with E-state index in [0.29, 0.717) is 18.4 Å². The Morgan fingerprint density at radius 2 is 1.63 bits per heavy atom. The molecule has 2 aromatic carbocycles. The number of aromatic hydroxyl groups is 4. The summed E-state index contributed by atoms with van der Waals surface area (Å²) >= 11 is 0. The van der Waals surface area contributed by atoms with E-state index < -0.39 is 11.9 Å². The smallest absolute Gasteiger partial charge is 0.174 e. The molecule has 0 radical (unpaired) electrons. The third-order valence-corrected chi connectivity index (χ3v) is 6.85. The molecule has 0 saturated carbocycles. The van der Waals surface area contributed by atoms with Crippen LogP contribution in [-0.2, 0) is 12.8 Å². The molecule has 3 rings (SSSR count). The average Bonchev–Trinajstić information content (AvgIpc) is 2.81. The second kappa shape index (κ2) is 11.7. The molecule has 7 nitrogen and oxygen atoms in total. The number of phenolic OH excluding ortho intramolecular Hbond substituents is 4. The lowest BCUT2D eigenvalue weighted by Crippen LogP contribution is -2.23. The Hall–Kier alpha value is -3.87. The molecule has 2 aromatic rings. The number of ether oxygens (including phenoxy) is 2. The van der Waals surface area contributed by atoms with Gasteiger partial charge in [0, 0.05) is 23.3 Å². The Morgan fingerprint density at radius 1 is 1.03 bits per heavy atom. The molecular formula is C31H38O7. The first kappa shape index (κ1) is 28.7. The van der Waals surface area contributed by atoms with Crippen molar-refractivity contribution in [2.45, 2.75) is 66.4 Å². The van der Waals surface area contributed by atoms with Crippen LogP contribution >= 0.6 is 0 Å². The van der Waals surface area contributed by atoms with Gasteiger partial charge in [-0.15, -0.1) is 0 Å². The van der Waals surface area contributed by atoms with E-state index in [1.807, 2.05) is 40.7 Å². The minimum Gasteiger partial charge on any atom is -0.507 e. The summed E-state index contributed by atoms with van der Waals surface area (Å²) in [6, 6.07) is 2.65. The minimum atomic E-state index is -1.04. The summed E-state index contributed by atoms with van der Waals surface area (Å²) < 4.78 is 11.3. The van der Waals surface area contributed by atoms with E-state index >= 15 is 0 Å². The highest BCUT2D eigenvalue weighted by Crippen LogP contribution is 2.51. The van der Waals surface area contributed by atoms with Crippen LogP contribution in [0.15, 0.2) is 47.6 Å². The zero-order valence-corrected chi connectivity index (χ0v) is 23.0. The van der Waals surface area contributed by atoms with Crippen LogP contribution in [0, 0.1) is 5.92 Å². The summed E-state index contributed by atoms with van der Waals surface area (Å²) in [4.78, 5) is 13.5. The first-order valence-electron chi connectivity index (χ1n) is 12.7. The highest BCUT2D eigenvalue weighted by atomic mass is 16.5. The fraction of sp³-hybridized carbons (Fsp3) is 0.387. The summed E-state index contributed by atoms with van der Waals surface area (Å²) in [6.07, 6.45) is 3.93. The summed E-state index contributed by atoms with van der Waals surface area (Å²) in [5.74, 6) is -1.22. The van der Waals surface area contributed by atoms with Crippen LogP contribution in [0.2, 0.25) is 0 Å². The van der Waals surface area contributed by atoms with Crippen molar-refractivity contribution in [2.24, 2.45) is 5.92 Å². The number of allylic oxidation sites excluding steroid dienone is 5. The molecule has 1 heterocycles. The van der Waals surface area contributed by atoms with Crippen LogP contribution in [0.3, 0.4) is 0 Å². The largest absolute Gasteiger partial charge is 0.507 e. The average molecular weight is 523 g/mol. The highest BCUT2D eigenvalue weighted by Gasteiger charge is 2.38. The van der Waals surface area contributed by atoms with Crippen molar-refractivity contribution in [2.75, 3.05) is 7.11 Å². The molecule has 2 atom stereocenters. The van der Waals surface area contributed by atoms with Gasteiger partial charge in [0.05, 0.1) is 19.1 Å². The Morgan fingerprint density at radius 3 is 2.16 bits per heavy atom. The topological polar surface area (TPSA) is 116 Å². The fourth-order valence-corrected chi connectivity index (χ4v) is 4.63. The molecule has 0 spiro atoms. The number of benzene rings is 2. The minimum absolute atomic E-state index is 0.00127. The van der Waals surface area contributed by atoms with Gasteiger partial charge in [-0.25, -0.2) is 0 Å². The van der Waals surface area contributed by atoms with Crippen molar-refractivity contribution in [1.82, 2.24) is 0 Å². The fourth-order valence-electron chi connectivity index (χ4n) is 4.63. The lowest BCUT2D eigenvalue weighted by Gasteiger charge is -2.31. The van der Waals surface area contributed by atoms with Gasteiger partial charge in [0.1, 0.15) is 46.2 Å². The zero-order chi connectivity index (χ0) is 28.3. The predicted molar refractivity (Wildman–Crippen MR) is 148 cm³/mol. The highest BCUT2D eigenvalue weighted by molar-refractivity contribution is 6.04. The molecule has 0 aliphatic carbocycles. The summed E-state index contributed by atoms with van der Waals surface area (Å²) in [6.45, 7) is 13.9. The summed E-state index contributed by atoms with van der Waals surface area (Å²) in [7, 11) is 1.41. The molecule has 0 unspecified atom stereocenters. The first-order chi connectivity index (χ1) is 17.8. The molecule has 0 saturated heterocycles. The number of fused-ring (bicyclic) bond motifs is 1. The van der Waals surface area contributed by atoms with Crippen LogP contribution in [0.25, 0.3) is 0 Å². The maximum absolute atomic E-state index is 13.5. The second-order valence-corrected chi connectivity index (χ2v) is 10.4. The number of rotatable bonds is 9. The van der Waals surface area contributed by atoms with Crippen LogP contribution in [0.1, 0.15) is 80.6 Å². The molecule has 0 bridgehead atoms. The van der Waals surface area contributed by atoms with Crippen LogP contribution in [0.4, 0.5) is 0 Å². The summed E-state index contributed by atoms with van der Waals surface area (Å²) in [5.41, 5.74) is 3.72. The van der Waals surface area contributed by atoms with E-state index in [9.17, 15) is 25.2 Å². The lowest BCUT2D eigenvalue weighted by molar-refractivity contribution is 0.0835. The van der Waals surface area contributed by atoms with Gasteiger partial charge < -0.3 is 29.9 Å². The van der Waals surface area contributed by atoms with Gasteiger partial charge in [0.15, 0.2) is 5.78 Å².